The highest BCUT2D eigenvalue weighted by Crippen LogP contribution is 2.26. The first-order chi connectivity index (χ1) is 8.24. The van der Waals surface area contributed by atoms with E-state index in [4.69, 9.17) is 4.74 Å². The second kappa shape index (κ2) is 7.84. The van der Waals surface area contributed by atoms with Crippen LogP contribution >= 0.6 is 15.9 Å². The van der Waals surface area contributed by atoms with Crippen LogP contribution in [0.4, 0.5) is 0 Å². The molecule has 1 rings (SSSR count). The molecule has 0 aromatic carbocycles. The Labute approximate surface area is 112 Å². The summed E-state index contributed by atoms with van der Waals surface area (Å²) in [5, 5.41) is 7.75. The number of hydrogen-bond acceptors (Lipinski definition) is 3. The van der Waals surface area contributed by atoms with Gasteiger partial charge in [0, 0.05) is 7.11 Å². The first-order valence-corrected chi connectivity index (χ1v) is 6.91. The zero-order chi connectivity index (χ0) is 12.7. The Kier molecular flexibility index (Phi) is 6.77. The standard InChI is InChI=1S/C12H22BrN3O/c1-4-5-6-11(14-2)12-10(13)9-15-16(12)7-8-17-3/h9,11,14H,4-8H2,1-3H3. The van der Waals surface area contributed by atoms with Crippen molar-refractivity contribution in [3.05, 3.63) is 16.4 Å². The predicted octanol–water partition coefficient (Wildman–Crippen LogP) is 2.74. The summed E-state index contributed by atoms with van der Waals surface area (Å²) in [7, 11) is 3.71. The molecule has 5 heteroatoms. The molecule has 98 valence electrons. The zero-order valence-electron chi connectivity index (χ0n) is 10.9. The lowest BCUT2D eigenvalue weighted by Crippen LogP contribution is -2.22. The van der Waals surface area contributed by atoms with Crippen molar-refractivity contribution in [1.29, 1.82) is 0 Å². The van der Waals surface area contributed by atoms with Gasteiger partial charge in [-0.25, -0.2) is 0 Å². The van der Waals surface area contributed by atoms with E-state index < -0.39 is 0 Å². The monoisotopic (exact) mass is 303 g/mol. The van der Waals surface area contributed by atoms with Crippen molar-refractivity contribution in [1.82, 2.24) is 15.1 Å². The summed E-state index contributed by atoms with van der Waals surface area (Å²) in [5.41, 5.74) is 1.22. The molecule has 0 aliphatic carbocycles. The van der Waals surface area contributed by atoms with Gasteiger partial charge in [0.25, 0.3) is 0 Å². The molecule has 0 spiro atoms. The van der Waals surface area contributed by atoms with Gasteiger partial charge in [-0.2, -0.15) is 5.10 Å². The largest absolute Gasteiger partial charge is 0.383 e. The Morgan fingerprint density at radius 2 is 2.35 bits per heavy atom. The van der Waals surface area contributed by atoms with E-state index in [0.29, 0.717) is 12.6 Å². The highest BCUT2D eigenvalue weighted by atomic mass is 79.9. The van der Waals surface area contributed by atoms with Gasteiger partial charge in [0.1, 0.15) is 0 Å². The summed E-state index contributed by atoms with van der Waals surface area (Å²) >= 11 is 3.58. The second-order valence-electron chi connectivity index (χ2n) is 4.08. The zero-order valence-corrected chi connectivity index (χ0v) is 12.5. The van der Waals surface area contributed by atoms with Crippen molar-refractivity contribution in [3.8, 4) is 0 Å². The lowest BCUT2D eigenvalue weighted by Gasteiger charge is -2.18. The Morgan fingerprint density at radius 1 is 1.59 bits per heavy atom. The van der Waals surface area contributed by atoms with Crippen LogP contribution in [-0.2, 0) is 11.3 Å². The number of ether oxygens (including phenoxy) is 1. The number of halogens is 1. The molecule has 0 aliphatic heterocycles. The maximum absolute atomic E-state index is 5.11. The molecule has 0 saturated heterocycles. The van der Waals surface area contributed by atoms with Crippen LogP contribution in [0.25, 0.3) is 0 Å². The van der Waals surface area contributed by atoms with Crippen LogP contribution in [0.3, 0.4) is 0 Å². The van der Waals surface area contributed by atoms with Crippen molar-refractivity contribution < 1.29 is 4.74 Å². The molecule has 0 amide bonds. The summed E-state index contributed by atoms with van der Waals surface area (Å²) in [5.74, 6) is 0. The Bertz CT molecular complexity index is 328. The molecule has 0 aliphatic rings. The van der Waals surface area contributed by atoms with Gasteiger partial charge in [-0.3, -0.25) is 4.68 Å². The maximum Gasteiger partial charge on any atom is 0.0696 e. The molecule has 1 atom stereocenters. The van der Waals surface area contributed by atoms with Crippen molar-refractivity contribution in [2.75, 3.05) is 20.8 Å². The molecule has 0 fully saturated rings. The predicted molar refractivity (Wildman–Crippen MR) is 73.1 cm³/mol. The number of aromatic nitrogens is 2. The van der Waals surface area contributed by atoms with Gasteiger partial charge in [-0.1, -0.05) is 19.8 Å². The third-order valence-electron chi connectivity index (χ3n) is 2.87. The fraction of sp³-hybridized carbons (Fsp3) is 0.750. The number of methoxy groups -OCH3 is 1. The Morgan fingerprint density at radius 3 is 2.94 bits per heavy atom. The first kappa shape index (κ1) is 14.7. The lowest BCUT2D eigenvalue weighted by molar-refractivity contribution is 0.181. The van der Waals surface area contributed by atoms with E-state index in [1.54, 1.807) is 7.11 Å². The van der Waals surface area contributed by atoms with E-state index in [1.807, 2.05) is 17.9 Å². The summed E-state index contributed by atoms with van der Waals surface area (Å²) in [6.45, 7) is 3.69. The van der Waals surface area contributed by atoms with Crippen molar-refractivity contribution in [2.45, 2.75) is 38.8 Å². The fourth-order valence-electron chi connectivity index (χ4n) is 1.90. The van der Waals surface area contributed by atoms with E-state index in [-0.39, 0.29) is 0 Å². The third kappa shape index (κ3) is 4.08. The molecule has 17 heavy (non-hydrogen) atoms. The first-order valence-electron chi connectivity index (χ1n) is 6.12. The number of hydrogen-bond donors (Lipinski definition) is 1. The molecule has 1 N–H and O–H groups in total. The van der Waals surface area contributed by atoms with Gasteiger partial charge in [-0.15, -0.1) is 0 Å². The third-order valence-corrected chi connectivity index (χ3v) is 3.48. The Balaban J connectivity index is 2.80. The quantitative estimate of drug-likeness (QED) is 0.802. The van der Waals surface area contributed by atoms with E-state index >= 15 is 0 Å². The van der Waals surface area contributed by atoms with Crippen LogP contribution in [0.15, 0.2) is 10.7 Å². The maximum atomic E-state index is 5.11. The minimum atomic E-state index is 0.351. The Hall–Kier alpha value is -0.390. The average Bonchev–Trinajstić information content (AvgIpc) is 2.70. The summed E-state index contributed by atoms with van der Waals surface area (Å²) in [4.78, 5) is 0. The highest BCUT2D eigenvalue weighted by molar-refractivity contribution is 9.10. The highest BCUT2D eigenvalue weighted by Gasteiger charge is 2.17. The van der Waals surface area contributed by atoms with Crippen LogP contribution in [0.5, 0.6) is 0 Å². The molecule has 0 bridgehead atoms. The summed E-state index contributed by atoms with van der Waals surface area (Å²) < 4.78 is 8.20. The molecule has 1 unspecified atom stereocenters. The number of unbranched alkanes of at least 4 members (excludes halogenated alkanes) is 1. The smallest absolute Gasteiger partial charge is 0.0696 e. The molecular weight excluding hydrogens is 282 g/mol. The summed E-state index contributed by atoms with van der Waals surface area (Å²) in [6, 6.07) is 0.351. The van der Waals surface area contributed by atoms with Crippen molar-refractivity contribution in [2.24, 2.45) is 0 Å². The SMILES string of the molecule is CCCCC(NC)c1c(Br)cnn1CCOC. The van der Waals surface area contributed by atoms with Crippen molar-refractivity contribution in [3.63, 3.8) is 0 Å². The van der Waals surface area contributed by atoms with Crippen LogP contribution < -0.4 is 5.32 Å². The van der Waals surface area contributed by atoms with Gasteiger partial charge in [0.05, 0.1) is 35.6 Å². The lowest BCUT2D eigenvalue weighted by atomic mass is 10.1. The van der Waals surface area contributed by atoms with Crippen LogP contribution in [0, 0.1) is 0 Å². The van der Waals surface area contributed by atoms with Crippen molar-refractivity contribution >= 4 is 15.9 Å². The molecule has 1 aromatic rings. The van der Waals surface area contributed by atoms with E-state index in [9.17, 15) is 0 Å². The average molecular weight is 304 g/mol. The van der Waals surface area contributed by atoms with Crippen LogP contribution in [0.2, 0.25) is 0 Å². The fourth-order valence-corrected chi connectivity index (χ4v) is 2.47. The topological polar surface area (TPSA) is 39.1 Å². The molecule has 1 aromatic heterocycles. The van der Waals surface area contributed by atoms with Gasteiger partial charge in [0.15, 0.2) is 0 Å². The minimum Gasteiger partial charge on any atom is -0.383 e. The van der Waals surface area contributed by atoms with E-state index in [2.05, 4.69) is 33.3 Å². The normalized spacial score (nSPS) is 12.9. The van der Waals surface area contributed by atoms with Gasteiger partial charge >= 0.3 is 0 Å². The van der Waals surface area contributed by atoms with Gasteiger partial charge in [-0.05, 0) is 29.4 Å². The molecule has 0 saturated carbocycles. The molecular formula is C12H22BrN3O. The number of nitrogens with zero attached hydrogens (tertiary/aromatic N) is 2. The summed E-state index contributed by atoms with van der Waals surface area (Å²) in [6.07, 6.45) is 5.42. The van der Waals surface area contributed by atoms with Gasteiger partial charge in [0.2, 0.25) is 0 Å². The molecule has 0 radical (unpaired) electrons. The van der Waals surface area contributed by atoms with E-state index in [1.165, 1.54) is 18.5 Å². The number of nitrogens with one attached hydrogen (secondary N) is 1. The molecule has 1 heterocycles. The number of rotatable bonds is 8. The van der Waals surface area contributed by atoms with Gasteiger partial charge < -0.3 is 10.1 Å². The van der Waals surface area contributed by atoms with Crippen LogP contribution in [0.1, 0.15) is 37.9 Å². The minimum absolute atomic E-state index is 0.351. The van der Waals surface area contributed by atoms with Crippen LogP contribution in [-0.4, -0.2) is 30.5 Å². The molecule has 4 nitrogen and oxygen atoms in total. The second-order valence-corrected chi connectivity index (χ2v) is 4.93. The van der Waals surface area contributed by atoms with E-state index in [0.717, 1.165) is 17.4 Å².